The Morgan fingerprint density at radius 1 is 1.11 bits per heavy atom. The molecule has 3 rings (SSSR count). The third kappa shape index (κ3) is 1.57. The van der Waals surface area contributed by atoms with Crippen LogP contribution in [-0.4, -0.2) is 0 Å². The Morgan fingerprint density at radius 2 is 1.89 bits per heavy atom. The zero-order valence-corrected chi connectivity index (χ0v) is 11.3. The highest BCUT2D eigenvalue weighted by Gasteiger charge is 2.10. The molecule has 0 saturated heterocycles. The SMILES string of the molecule is CCc1ccc(C)c2sc3ccccc3c(=O)c12. The van der Waals surface area contributed by atoms with E-state index in [0.717, 1.165) is 32.2 Å². The maximum atomic E-state index is 12.6. The average Bonchev–Trinajstić information content (AvgIpc) is 2.40. The van der Waals surface area contributed by atoms with Gasteiger partial charge in [0.2, 0.25) is 0 Å². The zero-order chi connectivity index (χ0) is 12.7. The van der Waals surface area contributed by atoms with Crippen LogP contribution in [0.2, 0.25) is 0 Å². The maximum Gasteiger partial charge on any atom is 0.196 e. The van der Waals surface area contributed by atoms with Crippen molar-refractivity contribution < 1.29 is 0 Å². The van der Waals surface area contributed by atoms with Gasteiger partial charge in [0.05, 0.1) is 0 Å². The van der Waals surface area contributed by atoms with Crippen LogP contribution in [0.25, 0.3) is 20.2 Å². The summed E-state index contributed by atoms with van der Waals surface area (Å²) in [6, 6.07) is 12.1. The molecule has 2 aromatic carbocycles. The molecule has 0 saturated carbocycles. The van der Waals surface area contributed by atoms with E-state index in [0.29, 0.717) is 0 Å². The van der Waals surface area contributed by atoms with E-state index in [1.165, 1.54) is 5.56 Å². The van der Waals surface area contributed by atoms with Gasteiger partial charge in [-0.3, -0.25) is 4.79 Å². The minimum Gasteiger partial charge on any atom is -0.288 e. The Hall–Kier alpha value is -1.67. The molecule has 1 heterocycles. The van der Waals surface area contributed by atoms with Crippen molar-refractivity contribution in [3.63, 3.8) is 0 Å². The lowest BCUT2D eigenvalue weighted by molar-refractivity contribution is 1.16. The molecule has 90 valence electrons. The third-order valence-electron chi connectivity index (χ3n) is 3.39. The van der Waals surface area contributed by atoms with Crippen molar-refractivity contribution in [2.45, 2.75) is 20.3 Å². The van der Waals surface area contributed by atoms with Crippen LogP contribution >= 0.6 is 11.3 Å². The van der Waals surface area contributed by atoms with E-state index in [1.807, 2.05) is 24.3 Å². The fraction of sp³-hybridized carbons (Fsp3) is 0.188. The first-order valence-electron chi connectivity index (χ1n) is 6.16. The van der Waals surface area contributed by atoms with Crippen molar-refractivity contribution in [2.24, 2.45) is 0 Å². The monoisotopic (exact) mass is 254 g/mol. The molecule has 0 N–H and O–H groups in total. The summed E-state index contributed by atoms with van der Waals surface area (Å²) in [6.45, 7) is 4.18. The van der Waals surface area contributed by atoms with Crippen LogP contribution in [0.1, 0.15) is 18.1 Å². The van der Waals surface area contributed by atoms with Crippen LogP contribution in [0.3, 0.4) is 0 Å². The van der Waals surface area contributed by atoms with Crippen molar-refractivity contribution in [1.82, 2.24) is 0 Å². The first-order chi connectivity index (χ1) is 8.72. The molecule has 0 bridgehead atoms. The van der Waals surface area contributed by atoms with Gasteiger partial charge in [-0.15, -0.1) is 11.3 Å². The molecule has 0 amide bonds. The summed E-state index contributed by atoms with van der Waals surface area (Å²) in [5.41, 5.74) is 2.53. The predicted molar refractivity (Wildman–Crippen MR) is 79.7 cm³/mol. The van der Waals surface area contributed by atoms with E-state index in [1.54, 1.807) is 11.3 Å². The second-order valence-corrected chi connectivity index (χ2v) is 5.58. The Bertz CT molecular complexity index is 799. The van der Waals surface area contributed by atoms with Crippen molar-refractivity contribution in [3.05, 3.63) is 57.7 Å². The summed E-state index contributed by atoms with van der Waals surface area (Å²) in [5.74, 6) is 0. The number of aryl methyl sites for hydroxylation is 2. The number of benzene rings is 2. The molecule has 2 heteroatoms. The van der Waals surface area contributed by atoms with Crippen LogP contribution in [-0.2, 0) is 6.42 Å². The van der Waals surface area contributed by atoms with Gasteiger partial charge in [-0.05, 0) is 36.6 Å². The minimum atomic E-state index is 0.180. The molecular formula is C16H14OS. The summed E-state index contributed by atoms with van der Waals surface area (Å²) in [5, 5.41) is 1.76. The Morgan fingerprint density at radius 3 is 2.67 bits per heavy atom. The van der Waals surface area contributed by atoms with Gasteiger partial charge in [0, 0.05) is 20.2 Å². The van der Waals surface area contributed by atoms with Crippen LogP contribution < -0.4 is 5.43 Å². The van der Waals surface area contributed by atoms with Crippen LogP contribution in [0.15, 0.2) is 41.2 Å². The lowest BCUT2D eigenvalue weighted by atomic mass is 10.0. The van der Waals surface area contributed by atoms with Gasteiger partial charge in [0.25, 0.3) is 0 Å². The number of hydrogen-bond acceptors (Lipinski definition) is 2. The fourth-order valence-corrected chi connectivity index (χ4v) is 3.58. The normalized spacial score (nSPS) is 11.2. The maximum absolute atomic E-state index is 12.6. The van der Waals surface area contributed by atoms with E-state index in [9.17, 15) is 4.79 Å². The zero-order valence-electron chi connectivity index (χ0n) is 10.5. The number of fused-ring (bicyclic) bond motifs is 2. The highest BCUT2D eigenvalue weighted by molar-refractivity contribution is 7.24. The Labute approximate surface area is 110 Å². The molecule has 1 aromatic heterocycles. The molecule has 0 fully saturated rings. The highest BCUT2D eigenvalue weighted by Crippen LogP contribution is 2.29. The van der Waals surface area contributed by atoms with Gasteiger partial charge >= 0.3 is 0 Å². The molecule has 0 aliphatic carbocycles. The quantitative estimate of drug-likeness (QED) is 0.592. The van der Waals surface area contributed by atoms with Gasteiger partial charge in [-0.1, -0.05) is 31.2 Å². The predicted octanol–water partition coefficient (Wildman–Crippen LogP) is 4.29. The first-order valence-corrected chi connectivity index (χ1v) is 6.98. The minimum absolute atomic E-state index is 0.180. The molecule has 1 nitrogen and oxygen atoms in total. The second-order valence-electron chi connectivity index (χ2n) is 4.53. The van der Waals surface area contributed by atoms with Gasteiger partial charge in [0.15, 0.2) is 5.43 Å². The molecular weight excluding hydrogens is 240 g/mol. The van der Waals surface area contributed by atoms with Crippen LogP contribution in [0.4, 0.5) is 0 Å². The van der Waals surface area contributed by atoms with Crippen molar-refractivity contribution >= 4 is 31.5 Å². The lowest BCUT2D eigenvalue weighted by Gasteiger charge is -2.07. The molecule has 0 aliphatic rings. The number of rotatable bonds is 1. The van der Waals surface area contributed by atoms with Gasteiger partial charge < -0.3 is 0 Å². The van der Waals surface area contributed by atoms with Gasteiger partial charge in [0.1, 0.15) is 0 Å². The average molecular weight is 254 g/mol. The summed E-state index contributed by atoms with van der Waals surface area (Å²) in [6.07, 6.45) is 0.900. The van der Waals surface area contributed by atoms with E-state index in [-0.39, 0.29) is 5.43 Å². The van der Waals surface area contributed by atoms with E-state index in [4.69, 9.17) is 0 Å². The van der Waals surface area contributed by atoms with Gasteiger partial charge in [-0.2, -0.15) is 0 Å². The summed E-state index contributed by atoms with van der Waals surface area (Å²) < 4.78 is 2.21. The Balaban J connectivity index is 2.64. The van der Waals surface area contributed by atoms with Crippen molar-refractivity contribution in [2.75, 3.05) is 0 Å². The summed E-state index contributed by atoms with van der Waals surface area (Å²) in [4.78, 5) is 12.6. The molecule has 0 unspecified atom stereocenters. The largest absolute Gasteiger partial charge is 0.288 e. The van der Waals surface area contributed by atoms with E-state index < -0.39 is 0 Å². The summed E-state index contributed by atoms with van der Waals surface area (Å²) >= 11 is 1.72. The summed E-state index contributed by atoms with van der Waals surface area (Å²) in [7, 11) is 0. The molecule has 3 aromatic rings. The van der Waals surface area contributed by atoms with Crippen molar-refractivity contribution in [3.8, 4) is 0 Å². The molecule has 0 aliphatic heterocycles. The number of hydrogen-bond donors (Lipinski definition) is 0. The van der Waals surface area contributed by atoms with Crippen molar-refractivity contribution in [1.29, 1.82) is 0 Å². The smallest absolute Gasteiger partial charge is 0.196 e. The van der Waals surface area contributed by atoms with Gasteiger partial charge in [-0.25, -0.2) is 0 Å². The fourth-order valence-electron chi connectivity index (χ4n) is 2.39. The van der Waals surface area contributed by atoms with E-state index >= 15 is 0 Å². The molecule has 0 atom stereocenters. The van der Waals surface area contributed by atoms with Crippen LogP contribution in [0.5, 0.6) is 0 Å². The Kier molecular flexibility index (Phi) is 2.67. The third-order valence-corrected chi connectivity index (χ3v) is 4.70. The lowest BCUT2D eigenvalue weighted by Crippen LogP contribution is -2.04. The van der Waals surface area contributed by atoms with E-state index in [2.05, 4.69) is 26.0 Å². The standard InChI is InChI=1S/C16H14OS/c1-3-11-9-8-10(2)16-14(11)15(17)12-6-4-5-7-13(12)18-16/h4-9H,3H2,1-2H3. The highest BCUT2D eigenvalue weighted by atomic mass is 32.1. The first kappa shape index (κ1) is 11.4. The van der Waals surface area contributed by atoms with Crippen LogP contribution in [0, 0.1) is 6.92 Å². The molecule has 0 spiro atoms. The second kappa shape index (κ2) is 4.21. The molecule has 0 radical (unpaired) electrons. The topological polar surface area (TPSA) is 17.1 Å². The molecule has 18 heavy (non-hydrogen) atoms.